The zero-order valence-corrected chi connectivity index (χ0v) is 16.8. The smallest absolute Gasteiger partial charge is 0.211 e. The summed E-state index contributed by atoms with van der Waals surface area (Å²) in [6, 6.07) is 12.0. The molecule has 2 aromatic carbocycles. The first-order valence-corrected chi connectivity index (χ1v) is 10.4. The summed E-state index contributed by atoms with van der Waals surface area (Å²) in [6.07, 6.45) is 0. The molecule has 142 valence electrons. The van der Waals surface area contributed by atoms with Crippen LogP contribution in [-0.4, -0.2) is 26.5 Å². The zero-order chi connectivity index (χ0) is 19.1. The third-order valence-electron chi connectivity index (χ3n) is 4.78. The van der Waals surface area contributed by atoms with E-state index in [0.29, 0.717) is 22.5 Å². The van der Waals surface area contributed by atoms with Crippen molar-refractivity contribution < 1.29 is 9.47 Å². The molecule has 0 bridgehead atoms. The van der Waals surface area contributed by atoms with Crippen LogP contribution in [0.25, 0.3) is 22.1 Å². The first-order valence-electron chi connectivity index (χ1n) is 9.01. The minimum atomic E-state index is 0.257. The number of halogens is 1. The van der Waals surface area contributed by atoms with E-state index in [4.69, 9.17) is 26.1 Å². The Morgan fingerprint density at radius 3 is 3.00 bits per heavy atom. The molecule has 6 nitrogen and oxygen atoms in total. The maximum absolute atomic E-state index is 6.26. The average molecular weight is 413 g/mol. The van der Waals surface area contributed by atoms with Gasteiger partial charge < -0.3 is 14.0 Å². The first-order chi connectivity index (χ1) is 13.7. The van der Waals surface area contributed by atoms with Crippen molar-refractivity contribution >= 4 is 45.4 Å². The van der Waals surface area contributed by atoms with Gasteiger partial charge >= 0.3 is 0 Å². The van der Waals surface area contributed by atoms with Crippen LogP contribution in [0.3, 0.4) is 0 Å². The number of benzene rings is 2. The Morgan fingerprint density at radius 2 is 2.11 bits per heavy atom. The third kappa shape index (κ3) is 2.99. The fourth-order valence-electron chi connectivity index (χ4n) is 3.58. The molecule has 0 saturated heterocycles. The molecule has 0 amide bonds. The Labute approximate surface area is 170 Å². The van der Waals surface area contributed by atoms with Crippen molar-refractivity contribution in [3.8, 4) is 5.75 Å². The van der Waals surface area contributed by atoms with Crippen molar-refractivity contribution in [1.29, 1.82) is 0 Å². The molecule has 4 aromatic rings. The van der Waals surface area contributed by atoms with Crippen LogP contribution in [0.1, 0.15) is 18.1 Å². The van der Waals surface area contributed by atoms with Gasteiger partial charge in [0.05, 0.1) is 12.1 Å². The predicted octanol–water partition coefficient (Wildman–Crippen LogP) is 4.81. The Morgan fingerprint density at radius 1 is 1.21 bits per heavy atom. The number of aryl methyl sites for hydroxylation is 1. The van der Waals surface area contributed by atoms with E-state index < -0.39 is 0 Å². The quantitative estimate of drug-likeness (QED) is 0.448. The second-order valence-electron chi connectivity index (χ2n) is 6.48. The van der Waals surface area contributed by atoms with Gasteiger partial charge in [0.2, 0.25) is 5.16 Å². The van der Waals surface area contributed by atoms with Crippen LogP contribution in [0.4, 0.5) is 0 Å². The van der Waals surface area contributed by atoms with Crippen LogP contribution in [0.15, 0.2) is 41.6 Å². The van der Waals surface area contributed by atoms with Crippen LogP contribution >= 0.6 is 23.4 Å². The summed E-state index contributed by atoms with van der Waals surface area (Å²) >= 11 is 7.78. The lowest BCUT2D eigenvalue weighted by atomic mass is 10.1. The lowest BCUT2D eigenvalue weighted by Crippen LogP contribution is -2.13. The van der Waals surface area contributed by atoms with E-state index in [9.17, 15) is 0 Å². The normalized spacial score (nSPS) is 13.6. The molecule has 0 N–H and O–H groups in total. The van der Waals surface area contributed by atoms with E-state index in [1.54, 1.807) is 0 Å². The Hall–Kier alpha value is -2.35. The van der Waals surface area contributed by atoms with Crippen molar-refractivity contribution in [2.45, 2.75) is 31.0 Å². The predicted molar refractivity (Wildman–Crippen MR) is 110 cm³/mol. The standard InChI is InChI=1S/C20H17ClN4O2S/c1-2-25-16-6-4-3-5-15(16)17-19(25)22-20(24-23-17)28-10-13-8-14(21)7-12-9-26-11-27-18(12)13/h3-8H,2,9-11H2,1H3. The summed E-state index contributed by atoms with van der Waals surface area (Å²) < 4.78 is 13.2. The zero-order valence-electron chi connectivity index (χ0n) is 15.2. The average Bonchev–Trinajstić information content (AvgIpc) is 3.04. The van der Waals surface area contributed by atoms with Crippen LogP contribution in [0.5, 0.6) is 5.75 Å². The van der Waals surface area contributed by atoms with Crippen molar-refractivity contribution in [2.75, 3.05) is 6.79 Å². The van der Waals surface area contributed by atoms with Gasteiger partial charge in [0.15, 0.2) is 12.4 Å². The van der Waals surface area contributed by atoms with Crippen LogP contribution < -0.4 is 4.74 Å². The van der Waals surface area contributed by atoms with Gasteiger partial charge in [0, 0.05) is 33.8 Å². The molecule has 1 aliphatic heterocycles. The molecule has 0 atom stereocenters. The molecule has 0 radical (unpaired) electrons. The second-order valence-corrected chi connectivity index (χ2v) is 7.86. The lowest BCUT2D eigenvalue weighted by molar-refractivity contribution is -0.0168. The summed E-state index contributed by atoms with van der Waals surface area (Å²) in [6.45, 7) is 3.70. The minimum absolute atomic E-state index is 0.257. The fourth-order valence-corrected chi connectivity index (χ4v) is 4.59. The fraction of sp³-hybridized carbons (Fsp3) is 0.250. The minimum Gasteiger partial charge on any atom is -0.467 e. The maximum Gasteiger partial charge on any atom is 0.211 e. The van der Waals surface area contributed by atoms with Gasteiger partial charge in [0.1, 0.15) is 11.3 Å². The molecule has 5 rings (SSSR count). The van der Waals surface area contributed by atoms with Gasteiger partial charge in [-0.2, -0.15) is 0 Å². The van der Waals surface area contributed by atoms with E-state index >= 15 is 0 Å². The van der Waals surface area contributed by atoms with Crippen molar-refractivity contribution in [3.05, 3.63) is 52.5 Å². The van der Waals surface area contributed by atoms with Gasteiger partial charge in [0.25, 0.3) is 0 Å². The molecule has 0 fully saturated rings. The van der Waals surface area contributed by atoms with Crippen LogP contribution in [0.2, 0.25) is 5.02 Å². The highest BCUT2D eigenvalue weighted by molar-refractivity contribution is 7.98. The van der Waals surface area contributed by atoms with Crippen molar-refractivity contribution in [3.63, 3.8) is 0 Å². The number of para-hydroxylation sites is 1. The summed E-state index contributed by atoms with van der Waals surface area (Å²) in [5.41, 5.74) is 4.80. The summed E-state index contributed by atoms with van der Waals surface area (Å²) in [5.74, 6) is 1.49. The summed E-state index contributed by atoms with van der Waals surface area (Å²) in [4.78, 5) is 4.79. The number of nitrogens with zero attached hydrogens (tertiary/aromatic N) is 4. The highest BCUT2D eigenvalue weighted by Gasteiger charge is 2.18. The van der Waals surface area contributed by atoms with E-state index in [1.165, 1.54) is 11.8 Å². The summed E-state index contributed by atoms with van der Waals surface area (Å²) in [5, 5.41) is 11.2. The molecule has 0 aliphatic carbocycles. The molecular weight excluding hydrogens is 396 g/mol. The van der Waals surface area contributed by atoms with Crippen LogP contribution in [0, 0.1) is 0 Å². The number of aromatic nitrogens is 4. The van der Waals surface area contributed by atoms with Crippen molar-refractivity contribution in [2.24, 2.45) is 0 Å². The molecule has 3 heterocycles. The molecule has 28 heavy (non-hydrogen) atoms. The van der Waals surface area contributed by atoms with Gasteiger partial charge in [-0.15, -0.1) is 10.2 Å². The number of thioether (sulfide) groups is 1. The van der Waals surface area contributed by atoms with E-state index in [2.05, 4.69) is 33.8 Å². The SMILES string of the molecule is CCn1c2ccccc2c2nnc(SCc3cc(Cl)cc4c3OCOC4)nc21. The van der Waals surface area contributed by atoms with Gasteiger partial charge in [-0.1, -0.05) is 41.6 Å². The van der Waals surface area contributed by atoms with Crippen LogP contribution in [-0.2, 0) is 23.6 Å². The molecule has 8 heteroatoms. The number of ether oxygens (including phenoxy) is 2. The highest BCUT2D eigenvalue weighted by atomic mass is 35.5. The van der Waals surface area contributed by atoms with Crippen molar-refractivity contribution in [1.82, 2.24) is 19.7 Å². The van der Waals surface area contributed by atoms with E-state index in [0.717, 1.165) is 45.5 Å². The third-order valence-corrected chi connectivity index (χ3v) is 5.88. The maximum atomic E-state index is 6.26. The number of rotatable bonds is 4. The molecule has 2 aromatic heterocycles. The Balaban J connectivity index is 1.50. The van der Waals surface area contributed by atoms with E-state index in [-0.39, 0.29) is 6.79 Å². The molecule has 1 aliphatic rings. The number of fused-ring (bicyclic) bond motifs is 4. The van der Waals surface area contributed by atoms with E-state index in [1.807, 2.05) is 24.3 Å². The summed E-state index contributed by atoms with van der Waals surface area (Å²) in [7, 11) is 0. The van der Waals surface area contributed by atoms with Gasteiger partial charge in [-0.25, -0.2) is 4.98 Å². The lowest BCUT2D eigenvalue weighted by Gasteiger charge is -2.20. The topological polar surface area (TPSA) is 62.1 Å². The largest absolute Gasteiger partial charge is 0.467 e. The Kier molecular flexibility index (Phi) is 4.58. The van der Waals surface area contributed by atoms with Gasteiger partial charge in [-0.3, -0.25) is 0 Å². The molecular formula is C20H17ClN4O2S. The highest BCUT2D eigenvalue weighted by Crippen LogP contribution is 2.35. The molecule has 0 saturated carbocycles. The first kappa shape index (κ1) is 17.7. The van der Waals surface area contributed by atoms with Gasteiger partial charge in [-0.05, 0) is 25.1 Å². The molecule has 0 unspecified atom stereocenters. The second kappa shape index (κ2) is 7.24. The Bertz CT molecular complexity index is 1190. The monoisotopic (exact) mass is 412 g/mol. The number of hydrogen-bond donors (Lipinski definition) is 0. The number of hydrogen-bond acceptors (Lipinski definition) is 6. The molecule has 0 spiro atoms.